The van der Waals surface area contributed by atoms with Crippen molar-refractivity contribution in [1.29, 1.82) is 0 Å². The zero-order chi connectivity index (χ0) is 18.5. The SMILES string of the molecule is NCCNC(=O)c1c(F)ccc(OCC2COc3ccccc3O2)c1F. The fraction of sp³-hybridized carbons (Fsp3) is 0.278. The minimum absolute atomic E-state index is 0.0270. The number of amides is 1. The van der Waals surface area contributed by atoms with Gasteiger partial charge in [-0.2, -0.15) is 0 Å². The van der Waals surface area contributed by atoms with Crippen molar-refractivity contribution in [3.63, 3.8) is 0 Å². The maximum atomic E-state index is 14.5. The lowest BCUT2D eigenvalue weighted by molar-refractivity contribution is 0.0522. The average Bonchev–Trinajstić information content (AvgIpc) is 2.65. The van der Waals surface area contributed by atoms with Gasteiger partial charge >= 0.3 is 0 Å². The zero-order valence-corrected chi connectivity index (χ0v) is 13.8. The van der Waals surface area contributed by atoms with Gasteiger partial charge in [0.1, 0.15) is 24.6 Å². The highest BCUT2D eigenvalue weighted by molar-refractivity contribution is 5.95. The summed E-state index contributed by atoms with van der Waals surface area (Å²) in [5, 5.41) is 2.33. The van der Waals surface area contributed by atoms with Crippen LogP contribution in [0, 0.1) is 11.6 Å². The number of benzene rings is 2. The van der Waals surface area contributed by atoms with Gasteiger partial charge in [-0.25, -0.2) is 8.78 Å². The summed E-state index contributed by atoms with van der Waals surface area (Å²) in [4.78, 5) is 11.9. The predicted octanol–water partition coefficient (Wildman–Crippen LogP) is 1.87. The summed E-state index contributed by atoms with van der Waals surface area (Å²) in [5.74, 6) is -2.00. The van der Waals surface area contributed by atoms with E-state index in [0.29, 0.717) is 11.5 Å². The number of carbonyl (C=O) groups is 1. The highest BCUT2D eigenvalue weighted by Crippen LogP contribution is 2.31. The summed E-state index contributed by atoms with van der Waals surface area (Å²) in [5.41, 5.74) is 4.57. The van der Waals surface area contributed by atoms with E-state index in [1.165, 1.54) is 0 Å². The van der Waals surface area contributed by atoms with Crippen LogP contribution in [0.15, 0.2) is 36.4 Å². The Labute approximate surface area is 148 Å². The second-order valence-electron chi connectivity index (χ2n) is 5.59. The van der Waals surface area contributed by atoms with Gasteiger partial charge in [-0.3, -0.25) is 4.79 Å². The van der Waals surface area contributed by atoms with Crippen LogP contribution in [0.4, 0.5) is 8.78 Å². The number of nitrogens with one attached hydrogen (secondary N) is 1. The molecule has 8 heteroatoms. The molecular formula is C18H18F2N2O4. The molecule has 1 aliphatic heterocycles. The van der Waals surface area contributed by atoms with E-state index < -0.39 is 29.2 Å². The Bertz CT molecular complexity index is 801. The first-order chi connectivity index (χ1) is 12.6. The van der Waals surface area contributed by atoms with Crippen molar-refractivity contribution in [2.24, 2.45) is 5.73 Å². The first kappa shape index (κ1) is 17.9. The molecule has 1 atom stereocenters. The Hall–Kier alpha value is -2.87. The van der Waals surface area contributed by atoms with Crippen molar-refractivity contribution in [1.82, 2.24) is 5.32 Å². The summed E-state index contributed by atoms with van der Waals surface area (Å²) >= 11 is 0. The van der Waals surface area contributed by atoms with E-state index in [9.17, 15) is 13.6 Å². The molecule has 1 amide bonds. The van der Waals surface area contributed by atoms with Crippen LogP contribution in [-0.4, -0.2) is 38.3 Å². The van der Waals surface area contributed by atoms with Crippen LogP contribution in [0.3, 0.4) is 0 Å². The van der Waals surface area contributed by atoms with Crippen LogP contribution < -0.4 is 25.3 Å². The number of nitrogens with two attached hydrogens (primary N) is 1. The minimum atomic E-state index is -1.07. The molecule has 0 fully saturated rings. The monoisotopic (exact) mass is 364 g/mol. The maximum absolute atomic E-state index is 14.5. The quantitative estimate of drug-likeness (QED) is 0.818. The summed E-state index contributed by atoms with van der Waals surface area (Å²) in [6, 6.07) is 9.25. The Morgan fingerprint density at radius 1 is 1.23 bits per heavy atom. The second kappa shape index (κ2) is 8.01. The highest BCUT2D eigenvalue weighted by Gasteiger charge is 2.24. The lowest BCUT2D eigenvalue weighted by Crippen LogP contribution is -2.34. The van der Waals surface area contributed by atoms with Gasteiger partial charge in [0.25, 0.3) is 5.91 Å². The third-order valence-corrected chi connectivity index (χ3v) is 3.70. The molecule has 6 nitrogen and oxygen atoms in total. The normalized spacial score (nSPS) is 15.4. The van der Waals surface area contributed by atoms with Gasteiger partial charge in [-0.05, 0) is 24.3 Å². The number of ether oxygens (including phenoxy) is 3. The number of halogens is 2. The summed E-state index contributed by atoms with van der Waals surface area (Å²) < 4.78 is 45.0. The van der Waals surface area contributed by atoms with Crippen molar-refractivity contribution in [3.05, 3.63) is 53.6 Å². The Kier molecular flexibility index (Phi) is 5.52. The van der Waals surface area contributed by atoms with E-state index in [-0.39, 0.29) is 32.1 Å². The fourth-order valence-electron chi connectivity index (χ4n) is 2.46. The van der Waals surface area contributed by atoms with Crippen LogP contribution in [0.5, 0.6) is 17.2 Å². The zero-order valence-electron chi connectivity index (χ0n) is 13.8. The molecule has 0 spiro atoms. The van der Waals surface area contributed by atoms with Crippen molar-refractivity contribution in [3.8, 4) is 17.2 Å². The molecule has 138 valence electrons. The largest absolute Gasteiger partial charge is 0.486 e. The fourth-order valence-corrected chi connectivity index (χ4v) is 2.46. The van der Waals surface area contributed by atoms with E-state index in [2.05, 4.69) is 5.32 Å². The van der Waals surface area contributed by atoms with Crippen LogP contribution in [-0.2, 0) is 0 Å². The number of carbonyl (C=O) groups excluding carboxylic acids is 1. The molecular weight excluding hydrogens is 346 g/mol. The first-order valence-corrected chi connectivity index (χ1v) is 8.07. The Balaban J connectivity index is 1.68. The van der Waals surface area contributed by atoms with E-state index in [1.807, 2.05) is 6.07 Å². The average molecular weight is 364 g/mol. The van der Waals surface area contributed by atoms with Crippen molar-refractivity contribution >= 4 is 5.91 Å². The number of fused-ring (bicyclic) bond motifs is 1. The summed E-state index contributed by atoms with van der Waals surface area (Å²) in [7, 11) is 0. The molecule has 0 aromatic heterocycles. The lowest BCUT2D eigenvalue weighted by Gasteiger charge is -2.26. The van der Waals surface area contributed by atoms with Gasteiger partial charge < -0.3 is 25.3 Å². The molecule has 1 aliphatic rings. The molecule has 2 aromatic carbocycles. The van der Waals surface area contributed by atoms with Gasteiger partial charge in [0.2, 0.25) is 0 Å². The molecule has 0 bridgehead atoms. The molecule has 3 N–H and O–H groups in total. The highest BCUT2D eigenvalue weighted by atomic mass is 19.1. The molecule has 26 heavy (non-hydrogen) atoms. The van der Waals surface area contributed by atoms with E-state index in [4.69, 9.17) is 19.9 Å². The van der Waals surface area contributed by atoms with Crippen molar-refractivity contribution in [2.75, 3.05) is 26.3 Å². The second-order valence-corrected chi connectivity index (χ2v) is 5.59. The molecule has 1 heterocycles. The summed E-state index contributed by atoms with van der Waals surface area (Å²) in [6.45, 7) is 0.464. The van der Waals surface area contributed by atoms with Gasteiger partial charge in [0.05, 0.1) is 0 Å². The van der Waals surface area contributed by atoms with Gasteiger partial charge in [0.15, 0.2) is 29.2 Å². The molecule has 0 aliphatic carbocycles. The smallest absolute Gasteiger partial charge is 0.257 e. The molecule has 0 radical (unpaired) electrons. The van der Waals surface area contributed by atoms with E-state index in [0.717, 1.165) is 12.1 Å². The number of hydrogen-bond acceptors (Lipinski definition) is 5. The number of rotatable bonds is 6. The van der Waals surface area contributed by atoms with Gasteiger partial charge in [-0.1, -0.05) is 12.1 Å². The van der Waals surface area contributed by atoms with E-state index >= 15 is 0 Å². The topological polar surface area (TPSA) is 82.8 Å². The molecule has 0 saturated heterocycles. The predicted molar refractivity (Wildman–Crippen MR) is 89.6 cm³/mol. The third kappa shape index (κ3) is 3.85. The molecule has 3 rings (SSSR count). The van der Waals surface area contributed by atoms with Crippen LogP contribution in [0.25, 0.3) is 0 Å². The molecule has 0 saturated carbocycles. The number of hydrogen-bond donors (Lipinski definition) is 2. The van der Waals surface area contributed by atoms with Gasteiger partial charge in [0, 0.05) is 13.1 Å². The van der Waals surface area contributed by atoms with Crippen LogP contribution >= 0.6 is 0 Å². The Morgan fingerprint density at radius 2 is 2.00 bits per heavy atom. The van der Waals surface area contributed by atoms with Gasteiger partial charge in [-0.15, -0.1) is 0 Å². The minimum Gasteiger partial charge on any atom is -0.486 e. The first-order valence-electron chi connectivity index (χ1n) is 8.07. The molecule has 1 unspecified atom stereocenters. The van der Waals surface area contributed by atoms with E-state index in [1.54, 1.807) is 18.2 Å². The molecule has 2 aromatic rings. The summed E-state index contributed by atoms with van der Waals surface area (Å²) in [6.07, 6.45) is -0.469. The lowest BCUT2D eigenvalue weighted by atomic mass is 10.1. The standard InChI is InChI=1S/C18H18F2N2O4/c19-12-5-6-15(17(20)16(12)18(23)22-8-7-21)25-10-11-9-24-13-3-1-2-4-14(13)26-11/h1-6,11H,7-10,21H2,(H,22,23). The maximum Gasteiger partial charge on any atom is 0.257 e. The van der Waals surface area contributed by atoms with Crippen LogP contribution in [0.2, 0.25) is 0 Å². The van der Waals surface area contributed by atoms with Crippen molar-refractivity contribution in [2.45, 2.75) is 6.10 Å². The van der Waals surface area contributed by atoms with Crippen molar-refractivity contribution < 1.29 is 27.8 Å². The third-order valence-electron chi connectivity index (χ3n) is 3.70. The van der Waals surface area contributed by atoms with Crippen LogP contribution in [0.1, 0.15) is 10.4 Å². The number of para-hydroxylation sites is 2. The Morgan fingerprint density at radius 3 is 2.77 bits per heavy atom.